The highest BCUT2D eigenvalue weighted by molar-refractivity contribution is 7.16. The molecule has 142 valence electrons. The largest absolute Gasteiger partial charge is 0.482 e. The number of aromatic nitrogens is 3. The van der Waals surface area contributed by atoms with Crippen LogP contribution in [-0.4, -0.2) is 25.6 Å². The smallest absolute Gasteiger partial charge is 0.308 e. The van der Waals surface area contributed by atoms with Gasteiger partial charge >= 0.3 is 10.8 Å². The van der Waals surface area contributed by atoms with Gasteiger partial charge in [0.05, 0.1) is 16.6 Å². The molecule has 0 aliphatic rings. The lowest BCUT2D eigenvalue weighted by Gasteiger charge is -2.18. The SMILES string of the molecule is CCC(Oc1cc2sc(=O)n(CCC(=O)O)c2cc1C)c1ncc(C)cn1. The van der Waals surface area contributed by atoms with Crippen LogP contribution in [-0.2, 0) is 11.3 Å². The molecule has 0 radical (unpaired) electrons. The number of carbonyl (C=O) groups is 1. The van der Waals surface area contributed by atoms with Gasteiger partial charge in [0.25, 0.3) is 0 Å². The molecule has 0 aliphatic carbocycles. The van der Waals surface area contributed by atoms with Gasteiger partial charge in [0.1, 0.15) is 5.75 Å². The zero-order chi connectivity index (χ0) is 19.6. The van der Waals surface area contributed by atoms with Crippen molar-refractivity contribution in [3.8, 4) is 5.75 Å². The average Bonchev–Trinajstić information content (AvgIpc) is 2.93. The van der Waals surface area contributed by atoms with Crippen molar-refractivity contribution in [2.75, 3.05) is 0 Å². The van der Waals surface area contributed by atoms with Crippen LogP contribution in [0.25, 0.3) is 10.2 Å². The highest BCUT2D eigenvalue weighted by atomic mass is 32.1. The van der Waals surface area contributed by atoms with E-state index in [1.54, 1.807) is 12.4 Å². The molecular weight excluding hydrogens is 366 g/mol. The van der Waals surface area contributed by atoms with Gasteiger partial charge in [0, 0.05) is 18.9 Å². The van der Waals surface area contributed by atoms with Crippen LogP contribution in [0, 0.1) is 13.8 Å². The Morgan fingerprint density at radius 3 is 2.63 bits per heavy atom. The van der Waals surface area contributed by atoms with Crippen molar-refractivity contribution in [1.29, 1.82) is 0 Å². The zero-order valence-electron chi connectivity index (χ0n) is 15.4. The second-order valence-corrected chi connectivity index (χ2v) is 7.38. The van der Waals surface area contributed by atoms with E-state index in [9.17, 15) is 9.59 Å². The first kappa shape index (κ1) is 19.0. The summed E-state index contributed by atoms with van der Waals surface area (Å²) in [7, 11) is 0. The normalized spacial score (nSPS) is 12.3. The Bertz CT molecular complexity index is 1020. The van der Waals surface area contributed by atoms with Gasteiger partial charge in [-0.2, -0.15) is 0 Å². The van der Waals surface area contributed by atoms with Crippen molar-refractivity contribution in [2.45, 2.75) is 46.3 Å². The number of fused-ring (bicyclic) bond motifs is 1. The number of carboxylic acid groups (broad SMARTS) is 1. The Morgan fingerprint density at radius 2 is 2.00 bits per heavy atom. The predicted octanol–water partition coefficient (Wildman–Crippen LogP) is 3.47. The minimum absolute atomic E-state index is 0.0916. The van der Waals surface area contributed by atoms with E-state index in [0.29, 0.717) is 18.0 Å². The van der Waals surface area contributed by atoms with Crippen molar-refractivity contribution >= 4 is 27.5 Å². The molecule has 2 aromatic heterocycles. The molecule has 0 amide bonds. The number of benzene rings is 1. The highest BCUT2D eigenvalue weighted by Crippen LogP contribution is 2.31. The van der Waals surface area contributed by atoms with E-state index in [1.807, 2.05) is 32.9 Å². The number of hydrogen-bond donors (Lipinski definition) is 1. The summed E-state index contributed by atoms with van der Waals surface area (Å²) in [5.41, 5.74) is 2.59. The molecule has 3 rings (SSSR count). The zero-order valence-corrected chi connectivity index (χ0v) is 16.2. The molecule has 8 heteroatoms. The van der Waals surface area contributed by atoms with Crippen molar-refractivity contribution < 1.29 is 14.6 Å². The van der Waals surface area contributed by atoms with Crippen LogP contribution < -0.4 is 9.61 Å². The maximum Gasteiger partial charge on any atom is 0.308 e. The standard InChI is InChI=1S/C19H21N3O4S/c1-4-14(18-20-9-11(2)10-21-18)26-15-8-16-13(7-12(15)3)22(19(25)27-16)6-5-17(23)24/h7-10,14H,4-6H2,1-3H3,(H,23,24). The summed E-state index contributed by atoms with van der Waals surface area (Å²) in [4.78, 5) is 31.6. The van der Waals surface area contributed by atoms with Gasteiger partial charge in [-0.05, 0) is 43.5 Å². The quantitative estimate of drug-likeness (QED) is 0.667. The van der Waals surface area contributed by atoms with Gasteiger partial charge in [-0.3, -0.25) is 14.2 Å². The molecule has 2 heterocycles. The summed E-state index contributed by atoms with van der Waals surface area (Å²) in [6.45, 7) is 5.99. The van der Waals surface area contributed by atoms with Crippen LogP contribution in [0.4, 0.5) is 0 Å². The third-order valence-electron chi connectivity index (χ3n) is 4.24. The molecule has 1 N–H and O–H groups in total. The van der Waals surface area contributed by atoms with Crippen molar-refractivity contribution in [3.05, 3.63) is 51.1 Å². The molecule has 0 saturated carbocycles. The Labute approximate surface area is 160 Å². The Kier molecular flexibility index (Phi) is 5.55. The van der Waals surface area contributed by atoms with Crippen molar-refractivity contribution in [3.63, 3.8) is 0 Å². The van der Waals surface area contributed by atoms with Crippen LogP contribution in [0.3, 0.4) is 0 Å². The van der Waals surface area contributed by atoms with E-state index >= 15 is 0 Å². The summed E-state index contributed by atoms with van der Waals surface area (Å²) >= 11 is 1.09. The second kappa shape index (κ2) is 7.87. The van der Waals surface area contributed by atoms with Gasteiger partial charge < -0.3 is 9.84 Å². The topological polar surface area (TPSA) is 94.3 Å². The average molecular weight is 387 g/mol. The van der Waals surface area contributed by atoms with Crippen LogP contribution in [0.5, 0.6) is 5.75 Å². The third kappa shape index (κ3) is 4.16. The summed E-state index contributed by atoms with van der Waals surface area (Å²) in [6, 6.07) is 3.71. The van der Waals surface area contributed by atoms with E-state index in [4.69, 9.17) is 9.84 Å². The maximum atomic E-state index is 12.2. The van der Waals surface area contributed by atoms with E-state index in [0.717, 1.165) is 32.7 Å². The first-order chi connectivity index (χ1) is 12.9. The highest BCUT2D eigenvalue weighted by Gasteiger charge is 2.18. The monoisotopic (exact) mass is 387 g/mol. The Morgan fingerprint density at radius 1 is 1.30 bits per heavy atom. The summed E-state index contributed by atoms with van der Waals surface area (Å²) in [6.07, 6.45) is 3.85. The summed E-state index contributed by atoms with van der Waals surface area (Å²) < 4.78 is 8.43. The number of thiazole rings is 1. The fourth-order valence-corrected chi connectivity index (χ4v) is 3.71. The van der Waals surface area contributed by atoms with Gasteiger partial charge in [0.15, 0.2) is 11.9 Å². The molecule has 27 heavy (non-hydrogen) atoms. The lowest BCUT2D eigenvalue weighted by Crippen LogP contribution is -2.15. The minimum atomic E-state index is -0.929. The molecule has 7 nitrogen and oxygen atoms in total. The summed E-state index contributed by atoms with van der Waals surface area (Å²) in [5.74, 6) is 0.363. The molecule has 0 aliphatic heterocycles. The number of rotatable bonds is 7. The Balaban J connectivity index is 1.93. The van der Waals surface area contributed by atoms with Crippen LogP contribution in [0.1, 0.15) is 42.8 Å². The fourth-order valence-electron chi connectivity index (χ4n) is 2.78. The number of aliphatic carboxylic acids is 1. The lowest BCUT2D eigenvalue weighted by molar-refractivity contribution is -0.137. The molecule has 0 saturated heterocycles. The first-order valence-electron chi connectivity index (χ1n) is 8.70. The van der Waals surface area contributed by atoms with Crippen molar-refractivity contribution in [2.24, 2.45) is 0 Å². The number of aryl methyl sites for hydroxylation is 3. The first-order valence-corrected chi connectivity index (χ1v) is 9.51. The van der Waals surface area contributed by atoms with Crippen LogP contribution >= 0.6 is 11.3 Å². The van der Waals surface area contributed by atoms with Crippen LogP contribution in [0.2, 0.25) is 0 Å². The molecule has 1 aromatic carbocycles. The third-order valence-corrected chi connectivity index (χ3v) is 5.19. The molecule has 0 fully saturated rings. The minimum Gasteiger partial charge on any atom is -0.482 e. The van der Waals surface area contributed by atoms with E-state index in [-0.39, 0.29) is 23.9 Å². The van der Waals surface area contributed by atoms with Gasteiger partial charge in [0.2, 0.25) is 0 Å². The molecular formula is C19H21N3O4S. The number of nitrogens with zero attached hydrogens (tertiary/aromatic N) is 3. The van der Waals surface area contributed by atoms with E-state index < -0.39 is 5.97 Å². The fraction of sp³-hybridized carbons (Fsp3) is 0.368. The molecule has 0 spiro atoms. The number of hydrogen-bond acceptors (Lipinski definition) is 6. The van der Waals surface area contributed by atoms with Gasteiger partial charge in [-0.15, -0.1) is 0 Å². The Hall–Kier alpha value is -2.74. The van der Waals surface area contributed by atoms with Crippen LogP contribution in [0.15, 0.2) is 29.3 Å². The molecule has 3 aromatic rings. The van der Waals surface area contributed by atoms with E-state index in [2.05, 4.69) is 9.97 Å². The van der Waals surface area contributed by atoms with Gasteiger partial charge in [-0.25, -0.2) is 9.97 Å². The van der Waals surface area contributed by atoms with Gasteiger partial charge in [-0.1, -0.05) is 18.3 Å². The molecule has 1 unspecified atom stereocenters. The number of ether oxygens (including phenoxy) is 1. The summed E-state index contributed by atoms with van der Waals surface area (Å²) in [5, 5.41) is 8.88. The molecule has 1 atom stereocenters. The maximum absolute atomic E-state index is 12.2. The lowest BCUT2D eigenvalue weighted by atomic mass is 10.2. The molecule has 0 bridgehead atoms. The second-order valence-electron chi connectivity index (χ2n) is 6.38. The predicted molar refractivity (Wildman–Crippen MR) is 104 cm³/mol. The van der Waals surface area contributed by atoms with E-state index in [1.165, 1.54) is 4.57 Å². The van der Waals surface area contributed by atoms with Crippen molar-refractivity contribution in [1.82, 2.24) is 14.5 Å². The number of carboxylic acids is 1.